The fraction of sp³-hybridized carbons (Fsp3) is 0.623. The predicted octanol–water partition coefficient (Wildman–Crippen LogP) is 10.4. The summed E-state index contributed by atoms with van der Waals surface area (Å²) in [7, 11) is 1.75. The lowest BCUT2D eigenvalue weighted by atomic mass is 9.89. The number of carbonyl (C=O) groups is 2. The van der Waals surface area contributed by atoms with Crippen molar-refractivity contribution < 1.29 is 45.9 Å². The van der Waals surface area contributed by atoms with E-state index >= 15 is 0 Å². The molecule has 2 aromatic rings. The van der Waals surface area contributed by atoms with Gasteiger partial charge in [-0.25, -0.2) is 17.6 Å². The average molecular weight is 1100 g/mol. The van der Waals surface area contributed by atoms with Gasteiger partial charge in [-0.2, -0.15) is 0 Å². The SMILES string of the molecule is C.CC(C)(C)C[C@@H]1C[C@H]1CO.CN1CCN(/C(C=N)=C(\Cl)C(=O)Nc2cc(F)cc(F)c2)CC1.CN1CCN(/C(C=N)=C(\OC[C@H]2C[C@@H]2CC(C)(C)C)C(=O)Nc2cc(F)cc(F)c2)CC1.C[Si](C)=O.C[Si](C)=O. The minimum atomic E-state index is -1.13. The van der Waals surface area contributed by atoms with Crippen LogP contribution in [0.2, 0.25) is 26.2 Å². The highest BCUT2D eigenvalue weighted by molar-refractivity contribution is 6.45. The van der Waals surface area contributed by atoms with Crippen LogP contribution < -0.4 is 10.6 Å². The summed E-state index contributed by atoms with van der Waals surface area (Å²) in [5.41, 5.74) is 1.34. The normalized spacial score (nSPS) is 19.9. The molecule has 0 radical (unpaired) electrons. The molecule has 0 unspecified atom stereocenters. The highest BCUT2D eigenvalue weighted by atomic mass is 35.5. The van der Waals surface area contributed by atoms with Crippen molar-refractivity contribution in [3.05, 3.63) is 81.9 Å². The van der Waals surface area contributed by atoms with Gasteiger partial charge in [0.25, 0.3) is 29.2 Å². The van der Waals surface area contributed by atoms with Gasteiger partial charge in [0, 0.05) is 94.9 Å². The molecule has 416 valence electrons. The minimum Gasteiger partial charge on any atom is -0.486 e. The molecule has 4 atom stereocenters. The van der Waals surface area contributed by atoms with Crippen LogP contribution in [0, 0.1) is 68.6 Å². The monoisotopic (exact) mass is 1100 g/mol. The number of nitrogens with zero attached hydrogens (tertiary/aromatic N) is 4. The van der Waals surface area contributed by atoms with E-state index in [1.807, 2.05) is 23.9 Å². The molecule has 4 fully saturated rings. The van der Waals surface area contributed by atoms with Crippen molar-refractivity contribution in [2.24, 2.45) is 34.5 Å². The number of carbonyl (C=O) groups excluding carboxylic acids is 2. The fourth-order valence-electron chi connectivity index (χ4n) is 8.00. The maximum atomic E-state index is 13.6. The van der Waals surface area contributed by atoms with Crippen LogP contribution in [-0.2, 0) is 23.2 Å². The largest absolute Gasteiger partial charge is 0.486 e. The predicted molar refractivity (Wildman–Crippen MR) is 293 cm³/mol. The second kappa shape index (κ2) is 32.2. The van der Waals surface area contributed by atoms with E-state index in [4.69, 9.17) is 32.3 Å². The summed E-state index contributed by atoms with van der Waals surface area (Å²) < 4.78 is 78.7. The first-order chi connectivity index (χ1) is 33.9. The molecule has 2 saturated carbocycles. The van der Waals surface area contributed by atoms with Crippen LogP contribution in [0.15, 0.2) is 58.6 Å². The molecule has 6 rings (SSSR count). The molecule has 14 nitrogen and oxygen atoms in total. The van der Waals surface area contributed by atoms with Gasteiger partial charge >= 0.3 is 0 Å². The average Bonchev–Trinajstić information content (AvgIpc) is 4.18. The van der Waals surface area contributed by atoms with Crippen LogP contribution in [0.3, 0.4) is 0 Å². The number of hydrogen-bond donors (Lipinski definition) is 5. The van der Waals surface area contributed by atoms with Crippen LogP contribution in [0.5, 0.6) is 0 Å². The topological polar surface area (TPSA) is 182 Å². The molecule has 0 aromatic heterocycles. The van der Waals surface area contributed by atoms with Crippen LogP contribution in [0.4, 0.5) is 28.9 Å². The van der Waals surface area contributed by atoms with Crippen molar-refractivity contribution in [2.45, 2.75) is 101 Å². The maximum absolute atomic E-state index is 13.6. The van der Waals surface area contributed by atoms with Crippen LogP contribution >= 0.6 is 11.6 Å². The zero-order valence-electron chi connectivity index (χ0n) is 45.0. The Morgan fingerprint density at radius 3 is 1.32 bits per heavy atom. The molecule has 2 amide bonds. The summed E-state index contributed by atoms with van der Waals surface area (Å²) in [4.78, 5) is 33.4. The zero-order chi connectivity index (χ0) is 55.4. The van der Waals surface area contributed by atoms with E-state index in [2.05, 4.69) is 62.0 Å². The number of benzene rings is 2. The summed E-state index contributed by atoms with van der Waals surface area (Å²) >= 11 is 6.07. The van der Waals surface area contributed by atoms with Crippen LogP contribution in [0.1, 0.15) is 74.7 Å². The Kier molecular flexibility index (Phi) is 29.4. The summed E-state index contributed by atoms with van der Waals surface area (Å²) in [5.74, 6) is -2.07. The molecule has 0 bridgehead atoms. The van der Waals surface area contributed by atoms with Crippen LogP contribution in [0.25, 0.3) is 0 Å². The second-order valence-electron chi connectivity index (χ2n) is 21.9. The number of hydrogen-bond acceptors (Lipinski definition) is 12. The zero-order valence-corrected chi connectivity index (χ0v) is 47.8. The van der Waals surface area contributed by atoms with Crippen molar-refractivity contribution in [2.75, 3.05) is 90.3 Å². The Hall–Kier alpha value is -4.48. The molecule has 2 saturated heterocycles. The Morgan fingerprint density at radius 1 is 0.649 bits per heavy atom. The molecular weight excluding hydrogens is 1010 g/mol. The van der Waals surface area contributed by atoms with E-state index in [1.165, 1.54) is 12.8 Å². The third-order valence-corrected chi connectivity index (χ3v) is 12.0. The number of ether oxygens (including phenoxy) is 1. The van der Waals surface area contributed by atoms with Crippen molar-refractivity contribution in [3.8, 4) is 0 Å². The van der Waals surface area contributed by atoms with Gasteiger partial charge in [0.2, 0.25) is 5.76 Å². The highest BCUT2D eigenvalue weighted by Gasteiger charge is 2.41. The van der Waals surface area contributed by atoms with E-state index < -0.39 is 52.4 Å². The standard InChI is InChI=1S/C24H34F2N4O2.C15H17ClF2N4O.C9H18O.2C2H6OSi.CH4/c1-24(2,3)13-16-9-17(16)15-32-22(21(14-27)30-7-5-29(4)6-8-30)23(31)28-20-11-18(25)10-19(26)12-20;1-21-2-4-22(5-3-21)13(9-19)14(16)15(23)20-12-7-10(17)6-11(18)8-12;1-9(2,3)5-7-4-8(7)6-10;2*1-4(2)3;/h10-12,14,16-17,27H,5-9,13,15H2,1-4H3,(H,28,31);6-9,19H,2-5H2,1H3,(H,20,23);7-8,10H,4-6H2,1-3H3;2*1-2H3;1H4/b22-21-,27-14?;14-13-,19-9?;;;;/t16-,17-;;7-,8-;;;/m1.0.../s1. The molecule has 4 aliphatic rings. The van der Waals surface area contributed by atoms with Gasteiger partial charge in [0.15, 0.2) is 0 Å². The number of aliphatic hydroxyl groups excluding tert-OH is 1. The summed E-state index contributed by atoms with van der Waals surface area (Å²) in [6.07, 6.45) is 6.82. The Labute approximate surface area is 446 Å². The van der Waals surface area contributed by atoms with Crippen molar-refractivity contribution in [1.29, 1.82) is 10.8 Å². The number of rotatable bonds is 14. The summed E-state index contributed by atoms with van der Waals surface area (Å²) in [5, 5.41) is 28.9. The number of allylic oxidation sites excluding steroid dienone is 2. The molecule has 2 aromatic carbocycles. The van der Waals surface area contributed by atoms with E-state index in [9.17, 15) is 36.1 Å². The van der Waals surface area contributed by atoms with Crippen molar-refractivity contribution in [1.82, 2.24) is 19.6 Å². The molecular formula is C53H85ClF4N8O6Si2. The van der Waals surface area contributed by atoms with Gasteiger partial charge in [0.05, 0.1) is 12.3 Å². The third kappa shape index (κ3) is 27.4. The number of nitrogens with one attached hydrogen (secondary N) is 4. The Bertz CT molecular complexity index is 2190. The number of aliphatic hydroxyl groups is 1. The number of piperazine rings is 2. The first-order valence-corrected chi connectivity index (χ1v) is 29.9. The molecule has 21 heteroatoms. The van der Waals surface area contributed by atoms with Gasteiger partial charge in [-0.3, -0.25) is 9.59 Å². The van der Waals surface area contributed by atoms with E-state index in [1.54, 1.807) is 26.2 Å². The smallest absolute Gasteiger partial charge is 0.293 e. The first-order valence-electron chi connectivity index (χ1n) is 24.7. The number of amides is 2. The van der Waals surface area contributed by atoms with Gasteiger partial charge in [-0.15, -0.1) is 0 Å². The number of anilines is 2. The lowest BCUT2D eigenvalue weighted by Crippen LogP contribution is -2.45. The van der Waals surface area contributed by atoms with Gasteiger partial charge in [0.1, 0.15) is 34.0 Å². The molecule has 5 N–H and O–H groups in total. The molecule has 0 spiro atoms. The fourth-order valence-corrected chi connectivity index (χ4v) is 8.22. The second-order valence-corrected chi connectivity index (χ2v) is 25.9. The van der Waals surface area contributed by atoms with Gasteiger partial charge in [-0.1, -0.05) is 60.6 Å². The van der Waals surface area contributed by atoms with Gasteiger partial charge in [-0.05, 0) is 125 Å². The molecule has 2 aliphatic heterocycles. The van der Waals surface area contributed by atoms with E-state index in [0.29, 0.717) is 74.3 Å². The minimum absolute atomic E-state index is 0. The van der Waals surface area contributed by atoms with Crippen molar-refractivity contribution >= 4 is 64.6 Å². The number of halogens is 5. The van der Waals surface area contributed by atoms with Gasteiger partial charge < -0.3 is 59.8 Å². The quantitative estimate of drug-likeness (QED) is 0.0401. The van der Waals surface area contributed by atoms with Crippen LogP contribution in [-0.4, -0.2) is 146 Å². The number of likely N-dealkylation sites (N-methyl/N-ethyl adjacent to an activating group) is 2. The van der Waals surface area contributed by atoms with Crippen molar-refractivity contribution in [3.63, 3.8) is 0 Å². The first kappa shape index (κ1) is 67.5. The lowest BCUT2D eigenvalue weighted by Gasteiger charge is -2.35. The van der Waals surface area contributed by atoms with E-state index in [0.717, 1.165) is 87.7 Å². The Morgan fingerprint density at radius 2 is 0.986 bits per heavy atom. The third-order valence-electron chi connectivity index (χ3n) is 11.6. The maximum Gasteiger partial charge on any atom is 0.293 e. The summed E-state index contributed by atoms with van der Waals surface area (Å²) in [6, 6.07) is 5.55. The lowest BCUT2D eigenvalue weighted by molar-refractivity contribution is -0.116. The molecule has 74 heavy (non-hydrogen) atoms. The molecule has 2 aliphatic carbocycles. The highest BCUT2D eigenvalue weighted by Crippen LogP contribution is 2.47. The molecule has 2 heterocycles. The Balaban J connectivity index is 0.000000563. The summed E-state index contributed by atoms with van der Waals surface area (Å²) in [6.45, 7) is 26.8. The van der Waals surface area contributed by atoms with E-state index in [-0.39, 0.29) is 40.7 Å².